The molecule has 1 aliphatic rings. The van der Waals surface area contributed by atoms with Gasteiger partial charge in [-0.3, -0.25) is 48.4 Å². The first-order chi connectivity index (χ1) is 27.4. The summed E-state index contributed by atoms with van der Waals surface area (Å²) < 4.78 is 0. The number of carboxylic acid groups (broad SMARTS) is 6. The zero-order valence-electron chi connectivity index (χ0n) is 32.5. The van der Waals surface area contributed by atoms with Crippen molar-refractivity contribution in [3.63, 3.8) is 0 Å². The van der Waals surface area contributed by atoms with E-state index in [-0.39, 0.29) is 97.3 Å². The molecule has 0 spiro atoms. The summed E-state index contributed by atoms with van der Waals surface area (Å²) in [6.07, 6.45) is 0.956. The maximum Gasteiger partial charge on any atom is 0.326 e. The van der Waals surface area contributed by atoms with E-state index in [4.69, 9.17) is 15.9 Å². The van der Waals surface area contributed by atoms with E-state index in [1.54, 1.807) is 19.6 Å². The van der Waals surface area contributed by atoms with Gasteiger partial charge < -0.3 is 57.6 Å². The summed E-state index contributed by atoms with van der Waals surface area (Å²) in [7, 11) is 0. The number of nitrogens with one attached hydrogen (secondary N) is 4. The van der Waals surface area contributed by atoms with Gasteiger partial charge in [0, 0.05) is 71.9 Å². The van der Waals surface area contributed by atoms with Crippen molar-refractivity contribution in [2.24, 2.45) is 5.73 Å². The van der Waals surface area contributed by atoms with Gasteiger partial charge in [0.05, 0.1) is 32.2 Å². The molecular weight excluding hydrogens is 774 g/mol. The van der Waals surface area contributed by atoms with E-state index in [0.717, 1.165) is 0 Å². The number of aliphatic carboxylic acids is 6. The van der Waals surface area contributed by atoms with Crippen LogP contribution in [0.25, 0.3) is 0 Å². The van der Waals surface area contributed by atoms with Crippen LogP contribution in [0.15, 0.2) is 0 Å². The number of carboxylic acids is 6. The molecule has 0 aliphatic carbocycles. The Kier molecular flexibility index (Phi) is 24.8. The monoisotopic (exact) mass is 833 g/mol. The Bertz CT molecular complexity index is 1360. The molecule has 1 aliphatic heterocycles. The molecule has 3 atom stereocenters. The van der Waals surface area contributed by atoms with E-state index >= 15 is 0 Å². The molecule has 24 heteroatoms. The lowest BCUT2D eigenvalue weighted by Crippen LogP contribution is -2.51. The van der Waals surface area contributed by atoms with E-state index in [2.05, 4.69) is 16.0 Å². The third-order valence-corrected chi connectivity index (χ3v) is 9.05. The molecule has 12 N–H and O–H groups in total. The number of unbranched alkanes of at least 4 members (excludes halogenated alkanes) is 2. The van der Waals surface area contributed by atoms with E-state index < -0.39 is 78.7 Å². The highest BCUT2D eigenvalue weighted by atomic mass is 16.4. The van der Waals surface area contributed by atoms with Gasteiger partial charge in [-0.05, 0) is 44.9 Å². The van der Waals surface area contributed by atoms with Crippen molar-refractivity contribution in [2.45, 2.75) is 69.5 Å². The first-order valence-corrected chi connectivity index (χ1v) is 18.9. The highest BCUT2D eigenvalue weighted by Crippen LogP contribution is 2.05. The Balaban J connectivity index is 2.50. The third kappa shape index (κ3) is 24.5. The van der Waals surface area contributed by atoms with Crippen LogP contribution in [0.1, 0.15) is 51.4 Å². The Labute approximate surface area is 335 Å². The molecular formula is C34H59N9O15. The number of carbonyl (C=O) groups excluding carboxylic acids is 3. The van der Waals surface area contributed by atoms with Gasteiger partial charge in [-0.1, -0.05) is 0 Å². The van der Waals surface area contributed by atoms with Crippen molar-refractivity contribution in [1.29, 1.82) is 0 Å². The number of rotatable bonds is 26. The number of hydrogen-bond donors (Lipinski definition) is 11. The number of carbonyl (C=O) groups is 9. The Morgan fingerprint density at radius 3 is 1.26 bits per heavy atom. The van der Waals surface area contributed by atoms with Crippen LogP contribution in [0, 0.1) is 0 Å². The smallest absolute Gasteiger partial charge is 0.326 e. The summed E-state index contributed by atoms with van der Waals surface area (Å²) in [5.74, 6) is -8.01. The lowest BCUT2D eigenvalue weighted by atomic mass is 10.1. The fourth-order valence-electron chi connectivity index (χ4n) is 5.85. The van der Waals surface area contributed by atoms with Crippen molar-refractivity contribution < 1.29 is 73.8 Å². The summed E-state index contributed by atoms with van der Waals surface area (Å²) in [5, 5.41) is 65.1. The molecule has 0 radical (unpaired) electrons. The molecule has 0 saturated carbocycles. The first kappa shape index (κ1) is 50.8. The first-order valence-electron chi connectivity index (χ1n) is 18.9. The zero-order valence-corrected chi connectivity index (χ0v) is 32.5. The standard InChI is InChI=1S/C34H59N9O15/c35-23(31(53)37-10-4-2-6-24(32(54)55)38-34(58)39-25(33(56)57)7-8-27(45)46)5-1-3-9-36-26(44)19-40-11-13-41(20-28(47)48)15-17-43(22-30(51)52)18-16-42(14-12-40)21-29(49)50/h23-25H,1-22,35H2,(H,36,44)(H,37,53)(H,45,46)(H,47,48)(H,49,50)(H,51,52)(H,54,55)(H,56,57)(H2,38,39,58). The van der Waals surface area contributed by atoms with Crippen molar-refractivity contribution in [1.82, 2.24) is 40.9 Å². The van der Waals surface area contributed by atoms with Gasteiger partial charge in [-0.15, -0.1) is 0 Å². The lowest BCUT2D eigenvalue weighted by Gasteiger charge is -2.32. The second-order valence-electron chi connectivity index (χ2n) is 13.9. The van der Waals surface area contributed by atoms with Crippen LogP contribution in [-0.4, -0.2) is 214 Å². The van der Waals surface area contributed by atoms with E-state index in [0.29, 0.717) is 38.8 Å². The molecule has 330 valence electrons. The maximum atomic E-state index is 12.9. The second kappa shape index (κ2) is 28.3. The molecule has 0 aromatic rings. The third-order valence-electron chi connectivity index (χ3n) is 9.05. The molecule has 1 fully saturated rings. The van der Waals surface area contributed by atoms with Crippen LogP contribution in [0.3, 0.4) is 0 Å². The van der Waals surface area contributed by atoms with Crippen LogP contribution in [0.5, 0.6) is 0 Å². The van der Waals surface area contributed by atoms with Crippen LogP contribution < -0.4 is 27.0 Å². The lowest BCUT2D eigenvalue weighted by molar-refractivity contribution is -0.141. The Hall–Kier alpha value is -5.17. The highest BCUT2D eigenvalue weighted by molar-refractivity contribution is 5.86. The van der Waals surface area contributed by atoms with E-state index in [9.17, 15) is 63.6 Å². The normalized spacial score (nSPS) is 16.6. The molecule has 24 nitrogen and oxygen atoms in total. The van der Waals surface area contributed by atoms with Crippen LogP contribution in [0.4, 0.5) is 4.79 Å². The number of nitrogens with zero attached hydrogens (tertiary/aromatic N) is 4. The van der Waals surface area contributed by atoms with Crippen LogP contribution in [0.2, 0.25) is 0 Å². The fraction of sp³-hybridized carbons (Fsp3) is 0.735. The fourth-order valence-corrected chi connectivity index (χ4v) is 5.85. The summed E-state index contributed by atoms with van der Waals surface area (Å²) in [6.45, 7) is 1.73. The molecule has 3 unspecified atom stereocenters. The minimum atomic E-state index is -1.53. The predicted molar refractivity (Wildman–Crippen MR) is 202 cm³/mol. The number of hydrogen-bond acceptors (Lipinski definition) is 14. The quantitative estimate of drug-likeness (QED) is 0.0376. The SMILES string of the molecule is NC(CCCCNC(=O)CN1CCN(CC(=O)O)CCN(CC(=O)O)CCN(CC(=O)O)CC1)C(=O)NCCCCC(NC(=O)NC(CCC(=O)O)C(=O)O)C(=O)O. The Morgan fingerprint density at radius 2 is 0.862 bits per heavy atom. The molecule has 0 aromatic heterocycles. The van der Waals surface area contributed by atoms with Gasteiger partial charge in [-0.25, -0.2) is 14.4 Å². The van der Waals surface area contributed by atoms with Gasteiger partial charge in [0.2, 0.25) is 11.8 Å². The summed E-state index contributed by atoms with van der Waals surface area (Å²) >= 11 is 0. The average Bonchev–Trinajstić information content (AvgIpc) is 3.12. The van der Waals surface area contributed by atoms with Gasteiger partial charge in [0.25, 0.3) is 0 Å². The summed E-state index contributed by atoms with van der Waals surface area (Å²) in [5.41, 5.74) is 6.00. The molecule has 0 bridgehead atoms. The second-order valence-corrected chi connectivity index (χ2v) is 13.9. The zero-order chi connectivity index (χ0) is 43.6. The summed E-state index contributed by atoms with van der Waals surface area (Å²) in [4.78, 5) is 112. The van der Waals surface area contributed by atoms with Gasteiger partial charge in [0.1, 0.15) is 12.1 Å². The van der Waals surface area contributed by atoms with Crippen LogP contribution in [-0.2, 0) is 38.4 Å². The average molecular weight is 834 g/mol. The van der Waals surface area contributed by atoms with Crippen molar-refractivity contribution in [2.75, 3.05) is 91.6 Å². The number of amides is 4. The minimum Gasteiger partial charge on any atom is -0.481 e. The van der Waals surface area contributed by atoms with Crippen molar-refractivity contribution >= 4 is 53.7 Å². The highest BCUT2D eigenvalue weighted by Gasteiger charge is 2.25. The Morgan fingerprint density at radius 1 is 0.483 bits per heavy atom. The maximum absolute atomic E-state index is 12.9. The molecule has 0 aromatic carbocycles. The van der Waals surface area contributed by atoms with Crippen molar-refractivity contribution in [3.8, 4) is 0 Å². The number of nitrogens with two attached hydrogens (primary N) is 1. The molecule has 1 rings (SSSR count). The van der Waals surface area contributed by atoms with E-state index in [1.807, 2.05) is 5.32 Å². The number of urea groups is 1. The predicted octanol–water partition coefficient (Wildman–Crippen LogP) is -3.57. The largest absolute Gasteiger partial charge is 0.481 e. The van der Waals surface area contributed by atoms with E-state index in [1.165, 1.54) is 0 Å². The molecule has 4 amide bonds. The molecule has 58 heavy (non-hydrogen) atoms. The topological polar surface area (TPSA) is 362 Å². The van der Waals surface area contributed by atoms with Crippen LogP contribution >= 0.6 is 0 Å². The minimum absolute atomic E-state index is 0.0366. The van der Waals surface area contributed by atoms with Gasteiger partial charge in [-0.2, -0.15) is 0 Å². The summed E-state index contributed by atoms with van der Waals surface area (Å²) in [6, 6.07) is -4.83. The van der Waals surface area contributed by atoms with Gasteiger partial charge >= 0.3 is 41.8 Å². The van der Waals surface area contributed by atoms with Crippen molar-refractivity contribution in [3.05, 3.63) is 0 Å². The molecule has 1 heterocycles. The molecule has 1 saturated heterocycles. The van der Waals surface area contributed by atoms with Gasteiger partial charge in [0.15, 0.2) is 0 Å².